The van der Waals surface area contributed by atoms with Crippen LogP contribution in [0.5, 0.6) is 0 Å². The van der Waals surface area contributed by atoms with E-state index in [0.717, 1.165) is 28.9 Å². The molecule has 0 saturated carbocycles. The zero-order valence-electron chi connectivity index (χ0n) is 14.5. The summed E-state index contributed by atoms with van der Waals surface area (Å²) in [5.41, 5.74) is 4.43. The molecule has 126 valence electrons. The second-order valence-electron chi connectivity index (χ2n) is 5.67. The zero-order chi connectivity index (χ0) is 17.7. The van der Waals surface area contributed by atoms with Gasteiger partial charge in [0.25, 0.3) is 0 Å². The molecule has 3 amide bonds. The molecule has 0 saturated heterocycles. The van der Waals surface area contributed by atoms with Crippen LogP contribution < -0.4 is 15.5 Å². The summed E-state index contributed by atoms with van der Waals surface area (Å²) in [4.78, 5) is 25.1. The Morgan fingerprint density at radius 1 is 1.04 bits per heavy atom. The number of urea groups is 1. The minimum absolute atomic E-state index is 0.0416. The second kappa shape index (κ2) is 7.64. The van der Waals surface area contributed by atoms with Gasteiger partial charge >= 0.3 is 6.03 Å². The molecule has 5 nitrogen and oxygen atoms in total. The van der Waals surface area contributed by atoms with Crippen molar-refractivity contribution < 1.29 is 9.59 Å². The fourth-order valence-corrected chi connectivity index (χ4v) is 2.43. The van der Waals surface area contributed by atoms with Gasteiger partial charge in [0.15, 0.2) is 0 Å². The molecule has 2 N–H and O–H groups in total. The number of anilines is 3. The van der Waals surface area contributed by atoms with E-state index in [0.29, 0.717) is 5.69 Å². The van der Waals surface area contributed by atoms with Crippen LogP contribution in [0.1, 0.15) is 25.0 Å². The van der Waals surface area contributed by atoms with Crippen molar-refractivity contribution in [3.63, 3.8) is 0 Å². The van der Waals surface area contributed by atoms with Crippen molar-refractivity contribution in [2.24, 2.45) is 0 Å². The van der Waals surface area contributed by atoms with Gasteiger partial charge in [0, 0.05) is 31.0 Å². The predicted octanol–water partition coefficient (Wildman–Crippen LogP) is 4.18. The highest BCUT2D eigenvalue weighted by atomic mass is 16.2. The monoisotopic (exact) mass is 325 g/mol. The molecule has 0 aliphatic rings. The average molecular weight is 325 g/mol. The first-order chi connectivity index (χ1) is 11.4. The molecule has 0 atom stereocenters. The van der Waals surface area contributed by atoms with Crippen LogP contribution in [0.3, 0.4) is 0 Å². The van der Waals surface area contributed by atoms with E-state index < -0.39 is 0 Å². The highest BCUT2D eigenvalue weighted by molar-refractivity contribution is 6.01. The molecule has 0 fully saturated rings. The molecule has 5 heteroatoms. The predicted molar refractivity (Wildman–Crippen MR) is 98.7 cm³/mol. The van der Waals surface area contributed by atoms with Crippen molar-refractivity contribution in [3.8, 4) is 0 Å². The van der Waals surface area contributed by atoms with Crippen molar-refractivity contribution in [3.05, 3.63) is 53.6 Å². The summed E-state index contributed by atoms with van der Waals surface area (Å²) in [7, 11) is 1.71. The SMILES string of the molecule is CCc1cccc(C)c1NC(=O)Nc1ccc(N(C)C(C)=O)cc1. The van der Waals surface area contributed by atoms with E-state index in [-0.39, 0.29) is 11.9 Å². The van der Waals surface area contributed by atoms with Gasteiger partial charge < -0.3 is 15.5 Å². The third kappa shape index (κ3) is 4.13. The molecule has 0 unspecified atom stereocenters. The summed E-state index contributed by atoms with van der Waals surface area (Å²) in [5.74, 6) is -0.0416. The summed E-state index contributed by atoms with van der Waals surface area (Å²) < 4.78 is 0. The van der Waals surface area contributed by atoms with Crippen molar-refractivity contribution in [1.82, 2.24) is 0 Å². The molecular formula is C19H23N3O2. The standard InChI is InChI=1S/C19H23N3O2/c1-5-15-8-6-7-13(2)18(15)21-19(24)20-16-9-11-17(12-10-16)22(4)14(3)23/h6-12H,5H2,1-4H3,(H2,20,21,24). The van der Waals surface area contributed by atoms with E-state index in [4.69, 9.17) is 0 Å². The summed E-state index contributed by atoms with van der Waals surface area (Å²) in [5, 5.41) is 5.73. The molecule has 0 aliphatic heterocycles. The number of carbonyl (C=O) groups is 2. The maximum absolute atomic E-state index is 12.2. The lowest BCUT2D eigenvalue weighted by atomic mass is 10.1. The first kappa shape index (κ1) is 17.5. The third-order valence-corrected chi connectivity index (χ3v) is 3.96. The molecule has 2 aromatic rings. The van der Waals surface area contributed by atoms with Crippen LogP contribution in [0, 0.1) is 6.92 Å². The Balaban J connectivity index is 2.07. The molecule has 0 spiro atoms. The van der Waals surface area contributed by atoms with Gasteiger partial charge in [0.2, 0.25) is 5.91 Å². The van der Waals surface area contributed by atoms with Gasteiger partial charge in [-0.05, 0) is 48.7 Å². The topological polar surface area (TPSA) is 61.4 Å². The molecule has 0 bridgehead atoms. The molecule has 2 rings (SSSR count). The van der Waals surface area contributed by atoms with Crippen molar-refractivity contribution in [2.75, 3.05) is 22.6 Å². The number of nitrogens with one attached hydrogen (secondary N) is 2. The lowest BCUT2D eigenvalue weighted by Gasteiger charge is -2.16. The summed E-state index contributed by atoms with van der Waals surface area (Å²) in [6.07, 6.45) is 0.851. The van der Waals surface area contributed by atoms with Crippen LogP contribution in [-0.2, 0) is 11.2 Å². The van der Waals surface area contributed by atoms with Crippen molar-refractivity contribution >= 4 is 29.0 Å². The fourth-order valence-electron chi connectivity index (χ4n) is 2.43. The molecule has 0 heterocycles. The van der Waals surface area contributed by atoms with E-state index in [1.165, 1.54) is 6.92 Å². The first-order valence-corrected chi connectivity index (χ1v) is 7.93. The summed E-state index contributed by atoms with van der Waals surface area (Å²) in [6, 6.07) is 12.8. The van der Waals surface area contributed by atoms with E-state index in [9.17, 15) is 9.59 Å². The molecule has 0 aliphatic carbocycles. The summed E-state index contributed by atoms with van der Waals surface area (Å²) >= 11 is 0. The Morgan fingerprint density at radius 2 is 1.71 bits per heavy atom. The van der Waals surface area contributed by atoms with E-state index in [1.54, 1.807) is 36.2 Å². The Kier molecular flexibility index (Phi) is 5.58. The first-order valence-electron chi connectivity index (χ1n) is 7.93. The number of hydrogen-bond acceptors (Lipinski definition) is 2. The molecular weight excluding hydrogens is 302 g/mol. The van der Waals surface area contributed by atoms with Crippen LogP contribution in [0.4, 0.5) is 21.9 Å². The zero-order valence-corrected chi connectivity index (χ0v) is 14.5. The number of para-hydroxylation sites is 1. The molecule has 2 aromatic carbocycles. The maximum Gasteiger partial charge on any atom is 0.323 e. The average Bonchev–Trinajstić information content (AvgIpc) is 2.56. The fraction of sp³-hybridized carbons (Fsp3) is 0.263. The van der Waals surface area contributed by atoms with Crippen LogP contribution in [0.15, 0.2) is 42.5 Å². The van der Waals surface area contributed by atoms with Crippen LogP contribution in [0.2, 0.25) is 0 Å². The third-order valence-electron chi connectivity index (χ3n) is 3.96. The highest BCUT2D eigenvalue weighted by Gasteiger charge is 2.09. The van der Waals surface area contributed by atoms with Gasteiger partial charge in [0.05, 0.1) is 0 Å². The van der Waals surface area contributed by atoms with E-state index in [1.807, 2.05) is 25.1 Å². The molecule has 0 aromatic heterocycles. The molecule has 0 radical (unpaired) electrons. The smallest absolute Gasteiger partial charge is 0.316 e. The van der Waals surface area contributed by atoms with E-state index in [2.05, 4.69) is 17.6 Å². The quantitative estimate of drug-likeness (QED) is 0.885. The maximum atomic E-state index is 12.2. The Morgan fingerprint density at radius 3 is 2.29 bits per heavy atom. The van der Waals surface area contributed by atoms with Gasteiger partial charge in [-0.1, -0.05) is 25.1 Å². The number of benzene rings is 2. The number of aryl methyl sites for hydroxylation is 2. The van der Waals surface area contributed by atoms with Crippen LogP contribution >= 0.6 is 0 Å². The van der Waals surface area contributed by atoms with Crippen molar-refractivity contribution in [2.45, 2.75) is 27.2 Å². The van der Waals surface area contributed by atoms with Gasteiger partial charge in [-0.2, -0.15) is 0 Å². The minimum atomic E-state index is -0.285. The van der Waals surface area contributed by atoms with Crippen molar-refractivity contribution in [1.29, 1.82) is 0 Å². The Labute approximate surface area is 142 Å². The highest BCUT2D eigenvalue weighted by Crippen LogP contribution is 2.22. The second-order valence-corrected chi connectivity index (χ2v) is 5.67. The van der Waals surface area contributed by atoms with Gasteiger partial charge in [-0.15, -0.1) is 0 Å². The van der Waals surface area contributed by atoms with Gasteiger partial charge in [-0.3, -0.25) is 4.79 Å². The number of carbonyl (C=O) groups excluding carboxylic acids is 2. The Bertz CT molecular complexity index is 739. The number of hydrogen-bond donors (Lipinski definition) is 2. The largest absolute Gasteiger partial charge is 0.323 e. The Hall–Kier alpha value is -2.82. The van der Waals surface area contributed by atoms with Crippen LogP contribution in [0.25, 0.3) is 0 Å². The number of nitrogens with zero attached hydrogens (tertiary/aromatic N) is 1. The molecule has 24 heavy (non-hydrogen) atoms. The number of amides is 3. The van der Waals surface area contributed by atoms with Gasteiger partial charge in [-0.25, -0.2) is 4.79 Å². The lowest BCUT2D eigenvalue weighted by molar-refractivity contribution is -0.116. The van der Waals surface area contributed by atoms with Crippen LogP contribution in [-0.4, -0.2) is 19.0 Å². The van der Waals surface area contributed by atoms with E-state index >= 15 is 0 Å². The normalized spacial score (nSPS) is 10.2. The number of rotatable bonds is 4. The minimum Gasteiger partial charge on any atom is -0.316 e. The summed E-state index contributed by atoms with van der Waals surface area (Å²) in [6.45, 7) is 5.54. The lowest BCUT2D eigenvalue weighted by Crippen LogP contribution is -2.23. The van der Waals surface area contributed by atoms with Gasteiger partial charge in [0.1, 0.15) is 0 Å².